The third kappa shape index (κ3) is 4.48. The SMILES string of the molecule is CCC1CCN(C(=O)CCC2CCC(N)CC2)CC1. The Kier molecular flexibility index (Phi) is 5.68. The summed E-state index contributed by atoms with van der Waals surface area (Å²) in [5.41, 5.74) is 5.92. The third-order valence-electron chi connectivity index (χ3n) is 5.20. The van der Waals surface area contributed by atoms with Crippen LogP contribution in [0.3, 0.4) is 0 Å². The van der Waals surface area contributed by atoms with E-state index in [0.717, 1.165) is 50.6 Å². The summed E-state index contributed by atoms with van der Waals surface area (Å²) in [6, 6.07) is 0.417. The zero-order chi connectivity index (χ0) is 13.7. The molecule has 0 aromatic heterocycles. The number of amides is 1. The van der Waals surface area contributed by atoms with Crippen LogP contribution >= 0.6 is 0 Å². The highest BCUT2D eigenvalue weighted by Crippen LogP contribution is 2.27. The lowest BCUT2D eigenvalue weighted by Gasteiger charge is -2.32. The summed E-state index contributed by atoms with van der Waals surface area (Å²) in [6.07, 6.45) is 10.3. The van der Waals surface area contributed by atoms with Gasteiger partial charge in [0.25, 0.3) is 0 Å². The monoisotopic (exact) mass is 266 g/mol. The quantitative estimate of drug-likeness (QED) is 0.850. The molecule has 0 bridgehead atoms. The van der Waals surface area contributed by atoms with Crippen molar-refractivity contribution in [1.29, 1.82) is 0 Å². The van der Waals surface area contributed by atoms with E-state index in [2.05, 4.69) is 11.8 Å². The first-order chi connectivity index (χ1) is 9.19. The molecule has 0 unspecified atom stereocenters. The van der Waals surface area contributed by atoms with Gasteiger partial charge in [0.05, 0.1) is 0 Å². The summed E-state index contributed by atoms with van der Waals surface area (Å²) in [6.45, 7) is 4.25. The van der Waals surface area contributed by atoms with Crippen molar-refractivity contribution in [3.63, 3.8) is 0 Å². The maximum atomic E-state index is 12.2. The molecule has 1 aliphatic heterocycles. The van der Waals surface area contributed by atoms with Crippen molar-refractivity contribution >= 4 is 5.91 Å². The van der Waals surface area contributed by atoms with Gasteiger partial charge >= 0.3 is 0 Å². The molecule has 0 spiro atoms. The number of likely N-dealkylation sites (tertiary alicyclic amines) is 1. The first-order valence-corrected chi connectivity index (χ1v) is 8.22. The number of hydrogen-bond acceptors (Lipinski definition) is 2. The molecule has 2 N–H and O–H groups in total. The summed E-state index contributed by atoms with van der Waals surface area (Å²) in [7, 11) is 0. The van der Waals surface area contributed by atoms with Crippen LogP contribution in [0.5, 0.6) is 0 Å². The van der Waals surface area contributed by atoms with Crippen molar-refractivity contribution in [2.24, 2.45) is 17.6 Å². The number of nitrogens with two attached hydrogens (primary N) is 1. The fraction of sp³-hybridized carbons (Fsp3) is 0.938. The Bertz CT molecular complexity index is 276. The lowest BCUT2D eigenvalue weighted by atomic mass is 9.83. The number of nitrogens with zero attached hydrogens (tertiary/aromatic N) is 1. The Morgan fingerprint density at radius 3 is 2.26 bits per heavy atom. The molecule has 2 aliphatic rings. The Morgan fingerprint density at radius 2 is 1.68 bits per heavy atom. The van der Waals surface area contributed by atoms with Gasteiger partial charge in [-0.2, -0.15) is 0 Å². The van der Waals surface area contributed by atoms with Crippen LogP contribution in [-0.2, 0) is 4.79 Å². The maximum absolute atomic E-state index is 12.2. The molecule has 0 aromatic carbocycles. The summed E-state index contributed by atoms with van der Waals surface area (Å²) < 4.78 is 0. The molecule has 2 fully saturated rings. The molecular formula is C16H30N2O. The van der Waals surface area contributed by atoms with Gasteiger partial charge in [-0.1, -0.05) is 13.3 Å². The normalized spacial score (nSPS) is 29.5. The van der Waals surface area contributed by atoms with Gasteiger partial charge in [-0.05, 0) is 56.8 Å². The summed E-state index contributed by atoms with van der Waals surface area (Å²) in [5.74, 6) is 1.99. The zero-order valence-corrected chi connectivity index (χ0v) is 12.4. The van der Waals surface area contributed by atoms with Crippen molar-refractivity contribution < 1.29 is 4.79 Å². The van der Waals surface area contributed by atoms with Crippen molar-refractivity contribution in [2.45, 2.75) is 70.8 Å². The van der Waals surface area contributed by atoms with Gasteiger partial charge in [-0.25, -0.2) is 0 Å². The number of carbonyl (C=O) groups is 1. The molecule has 0 radical (unpaired) electrons. The summed E-state index contributed by atoms with van der Waals surface area (Å²) >= 11 is 0. The average Bonchev–Trinajstić information content (AvgIpc) is 2.46. The summed E-state index contributed by atoms with van der Waals surface area (Å²) in [4.78, 5) is 14.3. The Morgan fingerprint density at radius 1 is 1.05 bits per heavy atom. The van der Waals surface area contributed by atoms with Gasteiger partial charge in [0.1, 0.15) is 0 Å². The number of piperidine rings is 1. The van der Waals surface area contributed by atoms with Crippen molar-refractivity contribution in [2.75, 3.05) is 13.1 Å². The van der Waals surface area contributed by atoms with E-state index in [0.29, 0.717) is 11.9 Å². The smallest absolute Gasteiger partial charge is 0.222 e. The van der Waals surface area contributed by atoms with Gasteiger partial charge < -0.3 is 10.6 Å². The highest BCUT2D eigenvalue weighted by Gasteiger charge is 2.23. The van der Waals surface area contributed by atoms with E-state index in [1.807, 2.05) is 0 Å². The molecule has 1 amide bonds. The van der Waals surface area contributed by atoms with Crippen LogP contribution in [0, 0.1) is 11.8 Å². The predicted molar refractivity (Wildman–Crippen MR) is 78.8 cm³/mol. The second-order valence-corrected chi connectivity index (χ2v) is 6.55. The minimum atomic E-state index is 0.393. The van der Waals surface area contributed by atoms with E-state index >= 15 is 0 Å². The lowest BCUT2D eigenvalue weighted by molar-refractivity contribution is -0.133. The first-order valence-electron chi connectivity index (χ1n) is 8.22. The van der Waals surface area contributed by atoms with Gasteiger partial charge in [0, 0.05) is 25.6 Å². The standard InChI is InChI=1S/C16H30N2O/c1-2-13-9-11-18(12-10-13)16(19)8-5-14-3-6-15(17)7-4-14/h13-15H,2-12,17H2,1H3. The largest absolute Gasteiger partial charge is 0.343 e. The van der Waals surface area contributed by atoms with Crippen LogP contribution in [0.15, 0.2) is 0 Å². The van der Waals surface area contributed by atoms with Crippen LogP contribution < -0.4 is 5.73 Å². The second kappa shape index (κ2) is 7.28. The Hall–Kier alpha value is -0.570. The number of carbonyl (C=O) groups excluding carboxylic acids is 1. The predicted octanol–water partition coefficient (Wildman–Crippen LogP) is 2.93. The van der Waals surface area contributed by atoms with E-state index < -0.39 is 0 Å². The van der Waals surface area contributed by atoms with Gasteiger partial charge in [-0.15, -0.1) is 0 Å². The fourth-order valence-electron chi connectivity index (χ4n) is 3.55. The van der Waals surface area contributed by atoms with E-state index in [-0.39, 0.29) is 0 Å². The highest BCUT2D eigenvalue weighted by molar-refractivity contribution is 5.76. The Balaban J connectivity index is 1.64. The van der Waals surface area contributed by atoms with E-state index in [9.17, 15) is 4.79 Å². The molecule has 19 heavy (non-hydrogen) atoms. The van der Waals surface area contributed by atoms with Crippen LogP contribution in [-0.4, -0.2) is 29.9 Å². The molecule has 0 aromatic rings. The molecule has 110 valence electrons. The molecule has 1 saturated carbocycles. The van der Waals surface area contributed by atoms with Gasteiger partial charge in [0.2, 0.25) is 5.91 Å². The van der Waals surface area contributed by atoms with Crippen LogP contribution in [0.1, 0.15) is 64.7 Å². The van der Waals surface area contributed by atoms with Crippen LogP contribution in [0.2, 0.25) is 0 Å². The zero-order valence-electron chi connectivity index (χ0n) is 12.4. The van der Waals surface area contributed by atoms with Crippen LogP contribution in [0.25, 0.3) is 0 Å². The molecule has 2 rings (SSSR count). The molecule has 1 saturated heterocycles. The second-order valence-electron chi connectivity index (χ2n) is 6.55. The van der Waals surface area contributed by atoms with E-state index in [4.69, 9.17) is 5.73 Å². The van der Waals surface area contributed by atoms with E-state index in [1.165, 1.54) is 32.1 Å². The molecule has 3 nitrogen and oxygen atoms in total. The van der Waals surface area contributed by atoms with Gasteiger partial charge in [-0.3, -0.25) is 4.79 Å². The van der Waals surface area contributed by atoms with Crippen molar-refractivity contribution in [3.8, 4) is 0 Å². The number of hydrogen-bond donors (Lipinski definition) is 1. The first kappa shape index (κ1) is 14.8. The average molecular weight is 266 g/mol. The minimum absolute atomic E-state index is 0.393. The Labute approximate surface area is 117 Å². The fourth-order valence-corrected chi connectivity index (χ4v) is 3.55. The van der Waals surface area contributed by atoms with E-state index in [1.54, 1.807) is 0 Å². The third-order valence-corrected chi connectivity index (χ3v) is 5.20. The lowest BCUT2D eigenvalue weighted by Crippen LogP contribution is -2.38. The highest BCUT2D eigenvalue weighted by atomic mass is 16.2. The molecule has 3 heteroatoms. The maximum Gasteiger partial charge on any atom is 0.222 e. The topological polar surface area (TPSA) is 46.3 Å². The van der Waals surface area contributed by atoms with Crippen molar-refractivity contribution in [1.82, 2.24) is 4.90 Å². The summed E-state index contributed by atoms with van der Waals surface area (Å²) in [5, 5.41) is 0. The molecular weight excluding hydrogens is 236 g/mol. The molecule has 1 heterocycles. The molecule has 1 aliphatic carbocycles. The van der Waals surface area contributed by atoms with Crippen LogP contribution in [0.4, 0.5) is 0 Å². The number of rotatable bonds is 4. The van der Waals surface area contributed by atoms with Crippen molar-refractivity contribution in [3.05, 3.63) is 0 Å². The van der Waals surface area contributed by atoms with Gasteiger partial charge in [0.15, 0.2) is 0 Å². The molecule has 0 atom stereocenters. The minimum Gasteiger partial charge on any atom is -0.343 e.